The van der Waals surface area contributed by atoms with E-state index in [1.807, 2.05) is 6.92 Å². The minimum Gasteiger partial charge on any atom is -0.367 e. The molecule has 1 heterocycles. The molecule has 0 amide bonds. The summed E-state index contributed by atoms with van der Waals surface area (Å²) in [6.07, 6.45) is 0.731. The summed E-state index contributed by atoms with van der Waals surface area (Å²) in [5, 5.41) is 9.21. The Labute approximate surface area is 68.0 Å². The predicted octanol–water partition coefficient (Wildman–Crippen LogP) is 0.435. The van der Waals surface area contributed by atoms with Gasteiger partial charge in [0.1, 0.15) is 0 Å². The summed E-state index contributed by atoms with van der Waals surface area (Å²) < 4.78 is 5.18. The van der Waals surface area contributed by atoms with Crippen molar-refractivity contribution in [1.29, 1.82) is 0 Å². The van der Waals surface area contributed by atoms with E-state index in [4.69, 9.17) is 4.74 Å². The third-order valence-corrected chi connectivity index (χ3v) is 1.86. The lowest BCUT2D eigenvalue weighted by atomic mass is 10.3. The molecule has 0 saturated carbocycles. The second kappa shape index (κ2) is 4.04. The van der Waals surface area contributed by atoms with Gasteiger partial charge in [0.05, 0.1) is 6.10 Å². The molecule has 2 unspecified atom stereocenters. The van der Waals surface area contributed by atoms with Crippen LogP contribution in [0.4, 0.5) is 0 Å². The van der Waals surface area contributed by atoms with Crippen LogP contribution in [0, 0.1) is 0 Å². The summed E-state index contributed by atoms with van der Waals surface area (Å²) in [4.78, 5) is 2.23. The fourth-order valence-corrected chi connectivity index (χ4v) is 1.51. The number of morpholine rings is 1. The average molecular weight is 159 g/mol. The molecule has 11 heavy (non-hydrogen) atoms. The molecule has 1 saturated heterocycles. The van der Waals surface area contributed by atoms with Gasteiger partial charge in [-0.25, -0.2) is 0 Å². The van der Waals surface area contributed by atoms with Crippen LogP contribution in [0.1, 0.15) is 20.3 Å². The number of rotatable bonds is 2. The number of hydrogen-bond acceptors (Lipinski definition) is 3. The fourth-order valence-electron chi connectivity index (χ4n) is 1.51. The van der Waals surface area contributed by atoms with Crippen molar-refractivity contribution in [1.82, 2.24) is 4.90 Å². The molecule has 0 aromatic rings. The van der Waals surface area contributed by atoms with Gasteiger partial charge in [0.15, 0.2) is 6.29 Å². The predicted molar refractivity (Wildman–Crippen MR) is 43.3 cm³/mol. The summed E-state index contributed by atoms with van der Waals surface area (Å²) in [7, 11) is 0. The van der Waals surface area contributed by atoms with Crippen molar-refractivity contribution in [2.24, 2.45) is 0 Å². The lowest BCUT2D eigenvalue weighted by Gasteiger charge is -2.33. The molecule has 1 fully saturated rings. The number of hydrogen-bond donors (Lipinski definition) is 1. The molecule has 0 radical (unpaired) electrons. The molecule has 0 bridgehead atoms. The van der Waals surface area contributed by atoms with Gasteiger partial charge in [0.25, 0.3) is 0 Å². The fraction of sp³-hybridized carbons (Fsp3) is 1.00. The first-order valence-electron chi connectivity index (χ1n) is 4.28. The first-order valence-corrected chi connectivity index (χ1v) is 4.28. The van der Waals surface area contributed by atoms with E-state index in [0.717, 1.165) is 19.5 Å². The zero-order valence-electron chi connectivity index (χ0n) is 7.29. The Hall–Kier alpha value is -0.120. The Morgan fingerprint density at radius 2 is 2.27 bits per heavy atom. The summed E-state index contributed by atoms with van der Waals surface area (Å²) in [6, 6.07) is 0. The van der Waals surface area contributed by atoms with Crippen molar-refractivity contribution in [2.75, 3.05) is 19.6 Å². The molecule has 66 valence electrons. The van der Waals surface area contributed by atoms with Crippen LogP contribution in [-0.2, 0) is 4.74 Å². The Bertz CT molecular complexity index is 109. The lowest BCUT2D eigenvalue weighted by molar-refractivity contribution is -0.177. The highest BCUT2D eigenvalue weighted by molar-refractivity contribution is 4.69. The molecule has 1 aliphatic rings. The second-order valence-corrected chi connectivity index (χ2v) is 3.16. The molecule has 2 atom stereocenters. The summed E-state index contributed by atoms with van der Waals surface area (Å²) >= 11 is 0. The molecule has 0 spiro atoms. The van der Waals surface area contributed by atoms with E-state index in [1.165, 1.54) is 0 Å². The largest absolute Gasteiger partial charge is 0.367 e. The zero-order chi connectivity index (χ0) is 8.27. The van der Waals surface area contributed by atoms with Gasteiger partial charge in [0, 0.05) is 13.1 Å². The van der Waals surface area contributed by atoms with E-state index in [2.05, 4.69) is 11.8 Å². The van der Waals surface area contributed by atoms with E-state index < -0.39 is 6.29 Å². The Balaban J connectivity index is 2.30. The van der Waals surface area contributed by atoms with E-state index in [1.54, 1.807) is 0 Å². The average Bonchev–Trinajstić information content (AvgIpc) is 1.85. The van der Waals surface area contributed by atoms with Gasteiger partial charge in [-0.1, -0.05) is 6.92 Å². The Morgan fingerprint density at radius 1 is 1.55 bits per heavy atom. The van der Waals surface area contributed by atoms with Crippen LogP contribution in [-0.4, -0.2) is 42.0 Å². The highest BCUT2D eigenvalue weighted by atomic mass is 16.6. The third-order valence-electron chi connectivity index (χ3n) is 1.86. The number of aliphatic hydroxyl groups excluding tert-OH is 1. The van der Waals surface area contributed by atoms with Gasteiger partial charge >= 0.3 is 0 Å². The second-order valence-electron chi connectivity index (χ2n) is 3.16. The van der Waals surface area contributed by atoms with Crippen LogP contribution >= 0.6 is 0 Å². The van der Waals surface area contributed by atoms with Crippen molar-refractivity contribution in [3.8, 4) is 0 Å². The Kier molecular flexibility index (Phi) is 3.30. The standard InChI is InChI=1S/C8H17NO2/c1-3-4-9-5-7(2)11-8(10)6-9/h7-8,10H,3-6H2,1-2H3. The molecule has 3 nitrogen and oxygen atoms in total. The number of nitrogens with zero attached hydrogens (tertiary/aromatic N) is 1. The molecule has 0 aromatic carbocycles. The van der Waals surface area contributed by atoms with E-state index >= 15 is 0 Å². The molecule has 1 N–H and O–H groups in total. The Morgan fingerprint density at radius 3 is 2.82 bits per heavy atom. The molecular formula is C8H17NO2. The summed E-state index contributed by atoms with van der Waals surface area (Å²) in [5.74, 6) is 0. The van der Waals surface area contributed by atoms with Crippen molar-refractivity contribution in [3.63, 3.8) is 0 Å². The minimum absolute atomic E-state index is 0.172. The molecule has 1 rings (SSSR count). The van der Waals surface area contributed by atoms with Crippen LogP contribution < -0.4 is 0 Å². The van der Waals surface area contributed by atoms with Crippen molar-refractivity contribution < 1.29 is 9.84 Å². The summed E-state index contributed by atoms with van der Waals surface area (Å²) in [6.45, 7) is 6.81. The highest BCUT2D eigenvalue weighted by Crippen LogP contribution is 2.08. The van der Waals surface area contributed by atoms with Crippen LogP contribution in [0.25, 0.3) is 0 Å². The topological polar surface area (TPSA) is 32.7 Å². The van der Waals surface area contributed by atoms with E-state index in [-0.39, 0.29) is 6.10 Å². The zero-order valence-corrected chi connectivity index (χ0v) is 7.29. The van der Waals surface area contributed by atoms with Gasteiger partial charge in [-0.05, 0) is 19.9 Å². The first-order chi connectivity index (χ1) is 5.22. The minimum atomic E-state index is -0.578. The normalized spacial score (nSPS) is 34.1. The van der Waals surface area contributed by atoms with Gasteiger partial charge < -0.3 is 9.84 Å². The maximum atomic E-state index is 9.21. The molecule has 3 heteroatoms. The molecular weight excluding hydrogens is 142 g/mol. The highest BCUT2D eigenvalue weighted by Gasteiger charge is 2.22. The van der Waals surface area contributed by atoms with Gasteiger partial charge in [0.2, 0.25) is 0 Å². The SMILES string of the molecule is CCCN1CC(C)OC(O)C1. The van der Waals surface area contributed by atoms with Crippen LogP contribution in [0.15, 0.2) is 0 Å². The van der Waals surface area contributed by atoms with Crippen LogP contribution in [0.2, 0.25) is 0 Å². The third kappa shape index (κ3) is 2.77. The number of ether oxygens (including phenoxy) is 1. The number of aliphatic hydroxyl groups is 1. The van der Waals surface area contributed by atoms with Crippen molar-refractivity contribution in [2.45, 2.75) is 32.7 Å². The van der Waals surface area contributed by atoms with Crippen LogP contribution in [0.5, 0.6) is 0 Å². The monoisotopic (exact) mass is 159 g/mol. The van der Waals surface area contributed by atoms with Gasteiger partial charge in [-0.2, -0.15) is 0 Å². The molecule has 0 aromatic heterocycles. The van der Waals surface area contributed by atoms with Crippen LogP contribution in [0.3, 0.4) is 0 Å². The van der Waals surface area contributed by atoms with E-state index in [9.17, 15) is 5.11 Å². The van der Waals surface area contributed by atoms with Crippen molar-refractivity contribution in [3.05, 3.63) is 0 Å². The van der Waals surface area contributed by atoms with Crippen molar-refractivity contribution >= 4 is 0 Å². The molecule has 1 aliphatic heterocycles. The maximum absolute atomic E-state index is 9.21. The molecule has 0 aliphatic carbocycles. The van der Waals surface area contributed by atoms with Gasteiger partial charge in [-0.15, -0.1) is 0 Å². The van der Waals surface area contributed by atoms with E-state index in [0.29, 0.717) is 6.54 Å². The van der Waals surface area contributed by atoms with Gasteiger partial charge in [-0.3, -0.25) is 4.90 Å². The number of β-amino-alcohol motifs (C(OH)–C–C–N with tert-alkyl or cyclic N) is 1. The maximum Gasteiger partial charge on any atom is 0.167 e. The quantitative estimate of drug-likeness (QED) is 0.634. The lowest BCUT2D eigenvalue weighted by Crippen LogP contribution is -2.46. The first kappa shape index (κ1) is 8.97. The summed E-state index contributed by atoms with van der Waals surface area (Å²) in [5.41, 5.74) is 0. The smallest absolute Gasteiger partial charge is 0.167 e.